The van der Waals surface area contributed by atoms with Crippen molar-refractivity contribution in [3.63, 3.8) is 0 Å². The molecule has 0 atom stereocenters. The summed E-state index contributed by atoms with van der Waals surface area (Å²) in [5, 5.41) is 13.0. The fourth-order valence-corrected chi connectivity index (χ4v) is 2.13. The molecule has 82 valence electrons. The zero-order valence-electron chi connectivity index (χ0n) is 9.50. The monoisotopic (exact) mass is 223 g/mol. The highest BCUT2D eigenvalue weighted by Gasteiger charge is 2.22. The molecule has 0 aliphatic heterocycles. The third kappa shape index (κ3) is 3.61. The van der Waals surface area contributed by atoms with Gasteiger partial charge in [-0.15, -0.1) is 11.3 Å². The van der Waals surface area contributed by atoms with E-state index < -0.39 is 0 Å². The topological polar surface area (TPSA) is 48.7 Å². The molecule has 1 aromatic rings. The normalized spacial score (nSPS) is 11.3. The van der Waals surface area contributed by atoms with Gasteiger partial charge in [0.1, 0.15) is 5.01 Å². The van der Waals surface area contributed by atoms with E-state index in [-0.39, 0.29) is 5.54 Å². The SMILES string of the molecule is Cc1cnc(C(C)(C)NCCCC#N)s1. The number of hydrogen-bond acceptors (Lipinski definition) is 4. The molecule has 0 bridgehead atoms. The Bertz CT molecular complexity index is 349. The van der Waals surface area contributed by atoms with Gasteiger partial charge in [0.2, 0.25) is 0 Å². The van der Waals surface area contributed by atoms with E-state index in [2.05, 4.69) is 37.1 Å². The molecule has 0 spiro atoms. The van der Waals surface area contributed by atoms with Gasteiger partial charge in [-0.05, 0) is 33.7 Å². The largest absolute Gasteiger partial charge is 0.306 e. The Labute approximate surface area is 95.2 Å². The lowest BCUT2D eigenvalue weighted by Crippen LogP contribution is -2.36. The summed E-state index contributed by atoms with van der Waals surface area (Å²) in [5.74, 6) is 0. The maximum absolute atomic E-state index is 8.43. The lowest BCUT2D eigenvalue weighted by molar-refractivity contribution is 0.399. The van der Waals surface area contributed by atoms with Crippen molar-refractivity contribution in [2.75, 3.05) is 6.54 Å². The molecule has 0 saturated heterocycles. The first-order chi connectivity index (χ1) is 7.06. The van der Waals surface area contributed by atoms with Crippen LogP contribution in [0.3, 0.4) is 0 Å². The van der Waals surface area contributed by atoms with Crippen molar-refractivity contribution in [2.45, 2.75) is 39.2 Å². The summed E-state index contributed by atoms with van der Waals surface area (Å²) in [4.78, 5) is 5.61. The van der Waals surface area contributed by atoms with E-state index in [0.29, 0.717) is 6.42 Å². The molecule has 1 heterocycles. The Morgan fingerprint density at radius 2 is 2.33 bits per heavy atom. The highest BCUT2D eigenvalue weighted by atomic mass is 32.1. The van der Waals surface area contributed by atoms with E-state index >= 15 is 0 Å². The Hall–Kier alpha value is -0.920. The Kier molecular flexibility index (Phi) is 4.25. The smallest absolute Gasteiger partial charge is 0.112 e. The molecule has 0 saturated carbocycles. The predicted molar refractivity (Wildman–Crippen MR) is 62.7 cm³/mol. The molecule has 0 aliphatic rings. The van der Waals surface area contributed by atoms with E-state index in [9.17, 15) is 0 Å². The maximum atomic E-state index is 8.43. The summed E-state index contributed by atoms with van der Waals surface area (Å²) in [6.45, 7) is 7.17. The average molecular weight is 223 g/mol. The van der Waals surface area contributed by atoms with Gasteiger partial charge in [-0.3, -0.25) is 0 Å². The van der Waals surface area contributed by atoms with Crippen LogP contribution in [0.25, 0.3) is 0 Å². The number of nitrogens with zero attached hydrogens (tertiary/aromatic N) is 2. The zero-order chi connectivity index (χ0) is 11.3. The van der Waals surface area contributed by atoms with Crippen LogP contribution in [-0.2, 0) is 5.54 Å². The highest BCUT2D eigenvalue weighted by molar-refractivity contribution is 7.11. The number of nitrogens with one attached hydrogen (secondary N) is 1. The summed E-state index contributed by atoms with van der Waals surface area (Å²) < 4.78 is 0. The first-order valence-electron chi connectivity index (χ1n) is 5.11. The van der Waals surface area contributed by atoms with E-state index in [0.717, 1.165) is 18.0 Å². The second-order valence-electron chi connectivity index (χ2n) is 4.09. The summed E-state index contributed by atoms with van der Waals surface area (Å²) in [7, 11) is 0. The second-order valence-corrected chi connectivity index (χ2v) is 5.32. The van der Waals surface area contributed by atoms with Crippen molar-refractivity contribution in [1.82, 2.24) is 10.3 Å². The number of unbranched alkanes of at least 4 members (excludes halogenated alkanes) is 1. The van der Waals surface area contributed by atoms with Crippen LogP contribution in [-0.4, -0.2) is 11.5 Å². The average Bonchev–Trinajstić information content (AvgIpc) is 2.60. The lowest BCUT2D eigenvalue weighted by atomic mass is 10.1. The third-order valence-electron chi connectivity index (χ3n) is 2.19. The van der Waals surface area contributed by atoms with Gasteiger partial charge in [-0.25, -0.2) is 4.98 Å². The summed E-state index contributed by atoms with van der Waals surface area (Å²) in [6.07, 6.45) is 3.41. The molecule has 1 aromatic heterocycles. The molecule has 1 rings (SSSR count). The first-order valence-corrected chi connectivity index (χ1v) is 5.93. The summed E-state index contributed by atoms with van der Waals surface area (Å²) >= 11 is 1.72. The number of thiazole rings is 1. The number of hydrogen-bond donors (Lipinski definition) is 1. The van der Waals surface area contributed by atoms with Gasteiger partial charge in [-0.1, -0.05) is 0 Å². The maximum Gasteiger partial charge on any atom is 0.112 e. The van der Waals surface area contributed by atoms with Gasteiger partial charge < -0.3 is 5.32 Å². The lowest BCUT2D eigenvalue weighted by Gasteiger charge is -2.23. The van der Waals surface area contributed by atoms with E-state index in [1.807, 2.05) is 6.20 Å². The van der Waals surface area contributed by atoms with Crippen LogP contribution in [0.1, 0.15) is 36.6 Å². The minimum absolute atomic E-state index is 0.0889. The van der Waals surface area contributed by atoms with Crippen LogP contribution in [0, 0.1) is 18.3 Å². The van der Waals surface area contributed by atoms with Gasteiger partial charge in [-0.2, -0.15) is 5.26 Å². The molecule has 15 heavy (non-hydrogen) atoms. The van der Waals surface area contributed by atoms with Crippen LogP contribution in [0.5, 0.6) is 0 Å². The van der Waals surface area contributed by atoms with E-state index in [4.69, 9.17) is 5.26 Å². The first kappa shape index (κ1) is 12.2. The molecule has 0 fully saturated rings. The quantitative estimate of drug-likeness (QED) is 0.780. The number of nitriles is 1. The van der Waals surface area contributed by atoms with Gasteiger partial charge in [0, 0.05) is 17.5 Å². The standard InChI is InChI=1S/C11H17N3S/c1-9-8-13-10(15-9)11(2,3)14-7-5-4-6-12/h8,14H,4-5,7H2,1-3H3. The number of aromatic nitrogens is 1. The minimum atomic E-state index is -0.0889. The van der Waals surface area contributed by atoms with Gasteiger partial charge in [0.25, 0.3) is 0 Å². The van der Waals surface area contributed by atoms with Crippen LogP contribution in [0.15, 0.2) is 6.20 Å². The van der Waals surface area contributed by atoms with E-state index in [1.165, 1.54) is 4.88 Å². The van der Waals surface area contributed by atoms with Gasteiger partial charge in [0.15, 0.2) is 0 Å². The molecule has 0 aromatic carbocycles. The van der Waals surface area contributed by atoms with Crippen molar-refractivity contribution in [2.24, 2.45) is 0 Å². The molecule has 0 aliphatic carbocycles. The zero-order valence-corrected chi connectivity index (χ0v) is 10.3. The number of rotatable bonds is 5. The molecular weight excluding hydrogens is 206 g/mol. The van der Waals surface area contributed by atoms with Gasteiger partial charge in [0.05, 0.1) is 11.6 Å². The van der Waals surface area contributed by atoms with Crippen LogP contribution in [0.4, 0.5) is 0 Å². The predicted octanol–water partition coefficient (Wildman–Crippen LogP) is 2.58. The Balaban J connectivity index is 2.48. The molecule has 0 unspecified atom stereocenters. The van der Waals surface area contributed by atoms with E-state index in [1.54, 1.807) is 11.3 Å². The third-order valence-corrected chi connectivity index (χ3v) is 3.42. The van der Waals surface area contributed by atoms with Crippen molar-refractivity contribution in [3.05, 3.63) is 16.1 Å². The fourth-order valence-electron chi connectivity index (χ4n) is 1.29. The molecule has 0 amide bonds. The van der Waals surface area contributed by atoms with Crippen molar-refractivity contribution >= 4 is 11.3 Å². The molecule has 3 nitrogen and oxygen atoms in total. The molecule has 1 N–H and O–H groups in total. The Morgan fingerprint density at radius 3 is 2.87 bits per heavy atom. The Morgan fingerprint density at radius 1 is 1.60 bits per heavy atom. The van der Waals surface area contributed by atoms with Crippen molar-refractivity contribution in [1.29, 1.82) is 5.26 Å². The minimum Gasteiger partial charge on any atom is -0.306 e. The van der Waals surface area contributed by atoms with Crippen LogP contribution >= 0.6 is 11.3 Å². The molecule has 4 heteroatoms. The fraction of sp³-hybridized carbons (Fsp3) is 0.636. The molecule has 0 radical (unpaired) electrons. The second kappa shape index (κ2) is 5.24. The highest BCUT2D eigenvalue weighted by Crippen LogP contribution is 2.24. The number of aryl methyl sites for hydroxylation is 1. The van der Waals surface area contributed by atoms with Gasteiger partial charge >= 0.3 is 0 Å². The van der Waals surface area contributed by atoms with Crippen molar-refractivity contribution < 1.29 is 0 Å². The van der Waals surface area contributed by atoms with Crippen LogP contribution in [0.2, 0.25) is 0 Å². The summed E-state index contributed by atoms with van der Waals surface area (Å²) in [6, 6.07) is 2.14. The van der Waals surface area contributed by atoms with Crippen molar-refractivity contribution in [3.8, 4) is 6.07 Å². The summed E-state index contributed by atoms with van der Waals surface area (Å²) in [5.41, 5.74) is -0.0889. The molecular formula is C11H17N3S. The van der Waals surface area contributed by atoms with Crippen LogP contribution < -0.4 is 5.32 Å².